The lowest BCUT2D eigenvalue weighted by Crippen LogP contribution is -2.46. The van der Waals surface area contributed by atoms with Crippen molar-refractivity contribution in [3.63, 3.8) is 0 Å². The van der Waals surface area contributed by atoms with Crippen molar-refractivity contribution in [3.8, 4) is 0 Å². The van der Waals surface area contributed by atoms with E-state index in [1.165, 1.54) is 32.1 Å². The molecule has 28 heavy (non-hydrogen) atoms. The summed E-state index contributed by atoms with van der Waals surface area (Å²) in [6, 6.07) is -0.259. The maximum absolute atomic E-state index is 12.8. The Kier molecular flexibility index (Phi) is 5.59. The van der Waals surface area contributed by atoms with Crippen LogP contribution in [0.2, 0.25) is 0 Å². The number of aromatic nitrogens is 6. The van der Waals surface area contributed by atoms with Gasteiger partial charge in [-0.2, -0.15) is 5.10 Å². The average Bonchev–Trinajstić information content (AvgIpc) is 3.38. The summed E-state index contributed by atoms with van der Waals surface area (Å²) in [5, 5.41) is 18.7. The molecule has 2 atom stereocenters. The number of amides is 2. The van der Waals surface area contributed by atoms with E-state index in [0.29, 0.717) is 12.5 Å². The zero-order chi connectivity index (χ0) is 19.5. The van der Waals surface area contributed by atoms with Gasteiger partial charge in [-0.15, -0.1) is 10.2 Å². The monoisotopic (exact) mass is 386 g/mol. The number of rotatable bonds is 4. The first kappa shape index (κ1) is 18.9. The zero-order valence-corrected chi connectivity index (χ0v) is 16.8. The smallest absolute Gasteiger partial charge is 0.317 e. The molecule has 1 saturated heterocycles. The molecule has 2 aliphatic rings. The highest BCUT2D eigenvalue weighted by atomic mass is 16.2. The van der Waals surface area contributed by atoms with Crippen molar-refractivity contribution >= 4 is 6.03 Å². The number of nitrogens with one attached hydrogen (secondary N) is 2. The van der Waals surface area contributed by atoms with Crippen LogP contribution in [0, 0.1) is 0 Å². The Hall–Kier alpha value is -2.45. The van der Waals surface area contributed by atoms with Crippen LogP contribution in [-0.2, 0) is 7.05 Å². The predicted molar refractivity (Wildman–Crippen MR) is 104 cm³/mol. The summed E-state index contributed by atoms with van der Waals surface area (Å²) in [7, 11) is 1.88. The molecule has 0 aromatic carbocycles. The highest BCUT2D eigenvalue weighted by Crippen LogP contribution is 2.32. The topological polar surface area (TPSA) is 105 Å². The van der Waals surface area contributed by atoms with Gasteiger partial charge in [0.25, 0.3) is 0 Å². The number of aryl methyl sites for hydroxylation is 1. The fraction of sp³-hybridized carbons (Fsp3) is 0.737. The minimum Gasteiger partial charge on any atom is -0.328 e. The second kappa shape index (κ2) is 8.28. The summed E-state index contributed by atoms with van der Waals surface area (Å²) in [6.45, 7) is 3.34. The van der Waals surface area contributed by atoms with Gasteiger partial charge in [0.2, 0.25) is 0 Å². The Morgan fingerprint density at radius 2 is 2.00 bits per heavy atom. The molecular formula is C19H30N8O. The first-order valence-corrected chi connectivity index (χ1v) is 10.4. The van der Waals surface area contributed by atoms with Crippen molar-refractivity contribution < 1.29 is 4.79 Å². The summed E-state index contributed by atoms with van der Waals surface area (Å²) in [5.41, 5.74) is 0. The minimum absolute atomic E-state index is 0.0664. The number of hydrogen-bond acceptors (Lipinski definition) is 5. The summed E-state index contributed by atoms with van der Waals surface area (Å²) in [5.74, 6) is 3.35. The van der Waals surface area contributed by atoms with E-state index in [1.807, 2.05) is 23.4 Å². The van der Waals surface area contributed by atoms with Crippen molar-refractivity contribution in [2.75, 3.05) is 13.1 Å². The predicted octanol–water partition coefficient (Wildman–Crippen LogP) is 2.63. The van der Waals surface area contributed by atoms with Gasteiger partial charge < -0.3 is 14.8 Å². The van der Waals surface area contributed by atoms with Crippen LogP contribution in [0.3, 0.4) is 0 Å². The van der Waals surface area contributed by atoms with Crippen LogP contribution >= 0.6 is 0 Å². The SMILES string of the molecule is C[C@H](NC(=O)N1CCC[C@H](c2n[nH]c(C3CCCCC3)n2)C1)c1nncn1C. The fourth-order valence-corrected chi connectivity index (χ4v) is 4.43. The van der Waals surface area contributed by atoms with Gasteiger partial charge in [0.1, 0.15) is 12.2 Å². The van der Waals surface area contributed by atoms with Crippen LogP contribution in [0.15, 0.2) is 6.33 Å². The van der Waals surface area contributed by atoms with E-state index in [2.05, 4.69) is 25.7 Å². The van der Waals surface area contributed by atoms with E-state index in [4.69, 9.17) is 4.98 Å². The van der Waals surface area contributed by atoms with E-state index in [0.717, 1.165) is 36.9 Å². The first-order valence-electron chi connectivity index (χ1n) is 10.4. The molecule has 0 spiro atoms. The molecule has 9 heteroatoms. The number of likely N-dealkylation sites (tertiary alicyclic amines) is 1. The molecule has 0 bridgehead atoms. The van der Waals surface area contributed by atoms with E-state index in [9.17, 15) is 4.79 Å². The number of aromatic amines is 1. The Balaban J connectivity index is 1.37. The number of carbonyl (C=O) groups excluding carboxylic acids is 1. The molecule has 2 aromatic heterocycles. The number of piperidine rings is 1. The fourth-order valence-electron chi connectivity index (χ4n) is 4.43. The molecule has 0 radical (unpaired) electrons. The highest BCUT2D eigenvalue weighted by Gasteiger charge is 2.29. The standard InChI is InChI=1S/C19H30N8O/c1-13(18-25-20-12-26(18)2)21-19(28)27-10-6-9-15(11-27)17-22-16(23-24-17)14-7-4-3-5-8-14/h12-15H,3-11H2,1-2H3,(H,21,28)(H,22,23,24)/t13-,15-/m0/s1. The quantitative estimate of drug-likeness (QED) is 0.840. The molecule has 2 aromatic rings. The Morgan fingerprint density at radius 1 is 1.21 bits per heavy atom. The molecule has 0 unspecified atom stereocenters. The maximum atomic E-state index is 12.8. The molecule has 1 aliphatic carbocycles. The molecule has 4 rings (SSSR count). The lowest BCUT2D eigenvalue weighted by Gasteiger charge is -2.32. The highest BCUT2D eigenvalue weighted by molar-refractivity contribution is 5.74. The Morgan fingerprint density at radius 3 is 2.75 bits per heavy atom. The van der Waals surface area contributed by atoms with Crippen LogP contribution in [0.5, 0.6) is 0 Å². The van der Waals surface area contributed by atoms with Gasteiger partial charge in [0.05, 0.1) is 6.04 Å². The van der Waals surface area contributed by atoms with Crippen molar-refractivity contribution in [2.24, 2.45) is 7.05 Å². The van der Waals surface area contributed by atoms with Crippen LogP contribution in [0.25, 0.3) is 0 Å². The second-order valence-electron chi connectivity index (χ2n) is 8.17. The van der Waals surface area contributed by atoms with E-state index in [1.54, 1.807) is 6.33 Å². The first-order chi connectivity index (χ1) is 13.6. The van der Waals surface area contributed by atoms with Gasteiger partial charge in [-0.3, -0.25) is 5.10 Å². The van der Waals surface area contributed by atoms with Crippen molar-refractivity contribution in [2.45, 2.75) is 69.7 Å². The van der Waals surface area contributed by atoms with Gasteiger partial charge in [-0.25, -0.2) is 9.78 Å². The zero-order valence-electron chi connectivity index (χ0n) is 16.8. The van der Waals surface area contributed by atoms with Crippen molar-refractivity contribution in [3.05, 3.63) is 23.8 Å². The molecule has 2 amide bonds. The largest absolute Gasteiger partial charge is 0.328 e. The molecule has 3 heterocycles. The third-order valence-corrected chi connectivity index (χ3v) is 6.06. The molecule has 1 saturated carbocycles. The maximum Gasteiger partial charge on any atom is 0.317 e. The average molecular weight is 387 g/mol. The van der Waals surface area contributed by atoms with Crippen molar-refractivity contribution in [1.82, 2.24) is 40.2 Å². The summed E-state index contributed by atoms with van der Waals surface area (Å²) >= 11 is 0. The lowest BCUT2D eigenvalue weighted by molar-refractivity contribution is 0.175. The van der Waals surface area contributed by atoms with E-state index >= 15 is 0 Å². The number of H-pyrrole nitrogens is 1. The van der Waals surface area contributed by atoms with Crippen LogP contribution in [-0.4, -0.2) is 54.0 Å². The second-order valence-corrected chi connectivity index (χ2v) is 8.17. The molecule has 2 N–H and O–H groups in total. The van der Waals surface area contributed by atoms with Crippen LogP contribution in [0.1, 0.15) is 87.2 Å². The number of carbonyl (C=O) groups is 1. The Labute approximate surface area is 165 Å². The number of nitrogens with zero attached hydrogens (tertiary/aromatic N) is 6. The third-order valence-electron chi connectivity index (χ3n) is 6.06. The van der Waals surface area contributed by atoms with E-state index in [-0.39, 0.29) is 18.0 Å². The van der Waals surface area contributed by atoms with E-state index < -0.39 is 0 Å². The van der Waals surface area contributed by atoms with Crippen LogP contribution < -0.4 is 5.32 Å². The number of hydrogen-bond donors (Lipinski definition) is 2. The van der Waals surface area contributed by atoms with Crippen LogP contribution in [0.4, 0.5) is 4.79 Å². The Bertz CT molecular complexity index is 793. The van der Waals surface area contributed by atoms with Gasteiger partial charge >= 0.3 is 6.03 Å². The summed E-state index contributed by atoms with van der Waals surface area (Å²) in [6.07, 6.45) is 9.92. The molecule has 1 aliphatic heterocycles. The van der Waals surface area contributed by atoms with Crippen molar-refractivity contribution in [1.29, 1.82) is 0 Å². The summed E-state index contributed by atoms with van der Waals surface area (Å²) < 4.78 is 1.82. The van der Waals surface area contributed by atoms with Gasteiger partial charge in [-0.1, -0.05) is 19.3 Å². The minimum atomic E-state index is -0.193. The molecular weight excluding hydrogens is 356 g/mol. The molecule has 2 fully saturated rings. The molecule has 9 nitrogen and oxygen atoms in total. The lowest BCUT2D eigenvalue weighted by atomic mass is 9.89. The molecule has 152 valence electrons. The summed E-state index contributed by atoms with van der Waals surface area (Å²) in [4.78, 5) is 19.4. The van der Waals surface area contributed by atoms with Gasteiger partial charge in [0, 0.05) is 32.0 Å². The third kappa shape index (κ3) is 4.02. The number of urea groups is 1. The van der Waals surface area contributed by atoms with Gasteiger partial charge in [0.15, 0.2) is 11.6 Å². The van der Waals surface area contributed by atoms with Gasteiger partial charge in [-0.05, 0) is 32.6 Å². The normalized spacial score (nSPS) is 22.2.